The Balaban J connectivity index is 0.00000120. The number of nitrogens with zero attached hydrogens (tertiary/aromatic N) is 1. The lowest BCUT2D eigenvalue weighted by Gasteiger charge is -2.20. The lowest BCUT2D eigenvalue weighted by atomic mass is 10.1. The van der Waals surface area contributed by atoms with Crippen LogP contribution < -0.4 is 5.32 Å². The van der Waals surface area contributed by atoms with E-state index in [1.54, 1.807) is 14.2 Å². The number of rotatable bonds is 7. The van der Waals surface area contributed by atoms with Crippen molar-refractivity contribution in [2.75, 3.05) is 26.6 Å². The maximum absolute atomic E-state index is 12.7. The second-order valence-electron chi connectivity index (χ2n) is 8.10. The van der Waals surface area contributed by atoms with Crippen LogP contribution in [0.15, 0.2) is 53.4 Å². The first-order chi connectivity index (χ1) is 17.1. The van der Waals surface area contributed by atoms with Gasteiger partial charge in [-0.2, -0.15) is 0 Å². The second kappa shape index (κ2) is 15.1. The van der Waals surface area contributed by atoms with Gasteiger partial charge >= 0.3 is 5.97 Å². The fourth-order valence-electron chi connectivity index (χ4n) is 3.10. The number of methoxy groups -OCH3 is 2. The predicted molar refractivity (Wildman–Crippen MR) is 149 cm³/mol. The number of hydrogen-bond acceptors (Lipinski definition) is 6. The molecular weight excluding hydrogens is 474 g/mol. The SMILES string of the molecule is CC.CCc1ccc(NC(=O)c2nc(-c3ccc(SC(C)(C)C(=O)OC)cc3)[nH]c2C)cc1.COC. The fraction of sp³-hybridized carbons (Fsp3) is 0.393. The maximum Gasteiger partial charge on any atom is 0.321 e. The van der Waals surface area contributed by atoms with E-state index in [4.69, 9.17) is 4.74 Å². The Kier molecular flexibility index (Phi) is 13.0. The summed E-state index contributed by atoms with van der Waals surface area (Å²) in [6.45, 7) is 11.6. The summed E-state index contributed by atoms with van der Waals surface area (Å²) >= 11 is 1.43. The third-order valence-electron chi connectivity index (χ3n) is 4.90. The van der Waals surface area contributed by atoms with E-state index in [-0.39, 0.29) is 11.9 Å². The molecule has 0 aliphatic rings. The number of thioether (sulfide) groups is 1. The lowest BCUT2D eigenvalue weighted by Crippen LogP contribution is -2.28. The van der Waals surface area contributed by atoms with Crippen molar-refractivity contribution in [3.8, 4) is 11.4 Å². The monoisotopic (exact) mass is 513 g/mol. The molecule has 1 heterocycles. The summed E-state index contributed by atoms with van der Waals surface area (Å²) < 4.78 is 8.43. The summed E-state index contributed by atoms with van der Waals surface area (Å²) in [4.78, 5) is 33.2. The van der Waals surface area contributed by atoms with Crippen LogP contribution in [0.25, 0.3) is 11.4 Å². The number of anilines is 1. The van der Waals surface area contributed by atoms with Crippen LogP contribution in [0.5, 0.6) is 0 Å². The predicted octanol–water partition coefficient (Wildman–Crippen LogP) is 6.53. The van der Waals surface area contributed by atoms with Crippen molar-refractivity contribution in [3.63, 3.8) is 0 Å². The molecule has 0 fully saturated rings. The van der Waals surface area contributed by atoms with Crippen molar-refractivity contribution in [2.45, 2.75) is 57.6 Å². The van der Waals surface area contributed by atoms with Gasteiger partial charge in [0.15, 0.2) is 0 Å². The zero-order valence-electron chi connectivity index (χ0n) is 22.8. The zero-order valence-corrected chi connectivity index (χ0v) is 23.6. The largest absolute Gasteiger partial charge is 0.468 e. The van der Waals surface area contributed by atoms with Gasteiger partial charge < -0.3 is 19.8 Å². The van der Waals surface area contributed by atoms with Crippen molar-refractivity contribution < 1.29 is 19.1 Å². The van der Waals surface area contributed by atoms with Gasteiger partial charge in [-0.3, -0.25) is 9.59 Å². The Morgan fingerprint density at radius 2 is 1.56 bits per heavy atom. The van der Waals surface area contributed by atoms with Gasteiger partial charge in [0.05, 0.1) is 7.11 Å². The number of imidazole rings is 1. The lowest BCUT2D eigenvalue weighted by molar-refractivity contribution is -0.142. The van der Waals surface area contributed by atoms with Gasteiger partial charge in [0.2, 0.25) is 0 Å². The van der Waals surface area contributed by atoms with Crippen LogP contribution in [0.2, 0.25) is 0 Å². The van der Waals surface area contributed by atoms with Gasteiger partial charge in [0.25, 0.3) is 5.91 Å². The summed E-state index contributed by atoms with van der Waals surface area (Å²) in [6.07, 6.45) is 0.952. The summed E-state index contributed by atoms with van der Waals surface area (Å²) in [5.74, 6) is 0.0900. The molecule has 0 aliphatic carbocycles. The molecule has 7 nitrogen and oxygen atoms in total. The number of aromatic nitrogens is 2. The summed E-state index contributed by atoms with van der Waals surface area (Å²) in [7, 11) is 4.64. The minimum atomic E-state index is -0.682. The third-order valence-corrected chi connectivity index (χ3v) is 6.08. The molecule has 0 aliphatic heterocycles. The average molecular weight is 514 g/mol. The molecule has 2 N–H and O–H groups in total. The second-order valence-corrected chi connectivity index (χ2v) is 9.80. The molecule has 0 atom stereocenters. The van der Waals surface area contributed by atoms with Crippen LogP contribution >= 0.6 is 11.8 Å². The number of amides is 1. The molecule has 2 aromatic carbocycles. The molecule has 1 aromatic heterocycles. The van der Waals surface area contributed by atoms with Crippen LogP contribution in [0.3, 0.4) is 0 Å². The molecule has 1 amide bonds. The number of benzene rings is 2. The van der Waals surface area contributed by atoms with Crippen molar-refractivity contribution in [2.24, 2.45) is 0 Å². The van der Waals surface area contributed by atoms with Gasteiger partial charge in [0.1, 0.15) is 16.3 Å². The van der Waals surface area contributed by atoms with Crippen LogP contribution in [-0.4, -0.2) is 47.9 Å². The quantitative estimate of drug-likeness (QED) is 0.275. The highest BCUT2D eigenvalue weighted by Crippen LogP contribution is 2.34. The number of H-pyrrole nitrogens is 1. The highest BCUT2D eigenvalue weighted by atomic mass is 32.2. The van der Waals surface area contributed by atoms with E-state index in [0.717, 1.165) is 22.6 Å². The average Bonchev–Trinajstić information content (AvgIpc) is 3.27. The number of carbonyl (C=O) groups is 2. The molecule has 0 unspecified atom stereocenters. The van der Waals surface area contributed by atoms with E-state index >= 15 is 0 Å². The standard InChI is InChI=1S/C24H27N3O3S.C2H6O.C2H6/c1-6-16-7-11-18(12-8-16)26-22(28)20-15(2)25-21(27-20)17-9-13-19(14-10-17)31-24(3,4)23(29)30-5;1-3-2;1-2/h7-14H,6H2,1-5H3,(H,25,27)(H,26,28);1-2H3;1-2H3. The van der Waals surface area contributed by atoms with Gasteiger partial charge in [0, 0.05) is 36.1 Å². The van der Waals surface area contributed by atoms with Crippen molar-refractivity contribution in [3.05, 3.63) is 65.5 Å². The minimum Gasteiger partial charge on any atom is -0.468 e. The Labute approximate surface area is 219 Å². The highest BCUT2D eigenvalue weighted by molar-refractivity contribution is 8.01. The Hall–Kier alpha value is -3.10. The van der Waals surface area contributed by atoms with Crippen LogP contribution in [-0.2, 0) is 20.7 Å². The summed E-state index contributed by atoms with van der Waals surface area (Å²) in [5.41, 5.74) is 3.87. The molecule has 3 rings (SSSR count). The number of esters is 1. The first-order valence-corrected chi connectivity index (χ1v) is 12.7. The zero-order chi connectivity index (χ0) is 27.3. The number of aryl methyl sites for hydroxylation is 2. The summed E-state index contributed by atoms with van der Waals surface area (Å²) in [5, 5.41) is 2.90. The van der Waals surface area contributed by atoms with Crippen molar-refractivity contribution >= 4 is 29.3 Å². The first kappa shape index (κ1) is 30.9. The molecule has 8 heteroatoms. The first-order valence-electron chi connectivity index (χ1n) is 11.9. The van der Waals surface area contributed by atoms with Gasteiger partial charge in [-0.1, -0.05) is 45.0 Å². The Morgan fingerprint density at radius 1 is 1.00 bits per heavy atom. The maximum atomic E-state index is 12.7. The number of ether oxygens (including phenoxy) is 2. The van der Waals surface area contributed by atoms with E-state index in [1.807, 2.05) is 83.1 Å². The fourth-order valence-corrected chi connectivity index (χ4v) is 4.12. The third kappa shape index (κ3) is 8.84. The van der Waals surface area contributed by atoms with Gasteiger partial charge in [-0.05, 0) is 57.0 Å². The topological polar surface area (TPSA) is 93.3 Å². The van der Waals surface area contributed by atoms with Gasteiger partial charge in [-0.25, -0.2) is 4.98 Å². The molecule has 3 aromatic rings. The van der Waals surface area contributed by atoms with E-state index in [9.17, 15) is 9.59 Å². The van der Waals surface area contributed by atoms with Crippen LogP contribution in [0, 0.1) is 6.92 Å². The highest BCUT2D eigenvalue weighted by Gasteiger charge is 2.30. The van der Waals surface area contributed by atoms with Crippen LogP contribution in [0.1, 0.15) is 56.4 Å². The molecule has 0 saturated carbocycles. The normalized spacial score (nSPS) is 10.4. The minimum absolute atomic E-state index is 0.253. The molecular formula is C28H39N3O4S. The number of nitrogens with one attached hydrogen (secondary N) is 2. The smallest absolute Gasteiger partial charge is 0.321 e. The van der Waals surface area contributed by atoms with Gasteiger partial charge in [-0.15, -0.1) is 11.8 Å². The van der Waals surface area contributed by atoms with Crippen molar-refractivity contribution in [1.29, 1.82) is 0 Å². The summed E-state index contributed by atoms with van der Waals surface area (Å²) in [6, 6.07) is 15.5. The van der Waals surface area contributed by atoms with Crippen LogP contribution in [0.4, 0.5) is 5.69 Å². The number of aromatic amines is 1. The van der Waals surface area contributed by atoms with E-state index in [0.29, 0.717) is 17.2 Å². The molecule has 0 radical (unpaired) electrons. The molecule has 36 heavy (non-hydrogen) atoms. The molecule has 196 valence electrons. The molecule has 0 bridgehead atoms. The van der Waals surface area contributed by atoms with E-state index < -0.39 is 4.75 Å². The Bertz CT molecular complexity index is 1090. The number of hydrogen-bond donors (Lipinski definition) is 2. The Morgan fingerprint density at radius 3 is 2.06 bits per heavy atom. The van der Waals surface area contributed by atoms with Crippen molar-refractivity contribution in [1.82, 2.24) is 9.97 Å². The van der Waals surface area contributed by atoms with E-state index in [1.165, 1.54) is 24.4 Å². The number of carbonyl (C=O) groups excluding carboxylic acids is 2. The molecule has 0 spiro atoms. The molecule has 0 saturated heterocycles. The van der Waals surface area contributed by atoms with E-state index in [2.05, 4.69) is 26.9 Å².